The molecule has 2 aromatic heterocycles. The minimum absolute atomic E-state index is 0.00385. The van der Waals surface area contributed by atoms with Gasteiger partial charge >= 0.3 is 18.1 Å². The summed E-state index contributed by atoms with van der Waals surface area (Å²) in [4.78, 5) is 25.7. The van der Waals surface area contributed by atoms with E-state index in [2.05, 4.69) is 20.0 Å². The molecule has 33 heavy (non-hydrogen) atoms. The van der Waals surface area contributed by atoms with Gasteiger partial charge in [0.25, 0.3) is 5.82 Å². The van der Waals surface area contributed by atoms with Crippen molar-refractivity contribution in [3.05, 3.63) is 53.3 Å². The lowest BCUT2D eigenvalue weighted by molar-refractivity contribution is -0.150. The Morgan fingerprint density at radius 2 is 1.76 bits per heavy atom. The van der Waals surface area contributed by atoms with Crippen molar-refractivity contribution in [2.45, 2.75) is 25.6 Å². The summed E-state index contributed by atoms with van der Waals surface area (Å²) in [5, 5.41) is 10.7. The molecule has 0 aliphatic carbocycles. The molecule has 174 valence electrons. The Morgan fingerprint density at radius 3 is 2.39 bits per heavy atom. The second kappa shape index (κ2) is 9.04. The molecule has 1 fully saturated rings. The first-order chi connectivity index (χ1) is 15.8. The largest absolute Gasteiger partial charge is 0.465 e. The summed E-state index contributed by atoms with van der Waals surface area (Å²) >= 11 is 0. The molecule has 0 atom stereocenters. The summed E-state index contributed by atoms with van der Waals surface area (Å²) in [5.41, 5.74) is 1.14. The Balaban J connectivity index is 1.33. The summed E-state index contributed by atoms with van der Waals surface area (Å²) in [6.45, 7) is 0.956. The molecule has 1 aliphatic rings. The monoisotopic (exact) mass is 463 g/mol. The van der Waals surface area contributed by atoms with Crippen molar-refractivity contribution in [1.82, 2.24) is 19.8 Å². The lowest BCUT2D eigenvalue weighted by atomic mass is 9.97. The van der Waals surface area contributed by atoms with Crippen molar-refractivity contribution < 1.29 is 32.2 Å². The first-order valence-electron chi connectivity index (χ1n) is 10.1. The third kappa shape index (κ3) is 4.89. The number of carbonyl (C=O) groups excluding carboxylic acids is 2. The van der Waals surface area contributed by atoms with E-state index in [-0.39, 0.29) is 24.1 Å². The van der Waals surface area contributed by atoms with Gasteiger partial charge in [-0.2, -0.15) is 17.7 Å². The number of benzene rings is 1. The van der Waals surface area contributed by atoms with Crippen LogP contribution in [-0.4, -0.2) is 51.9 Å². The van der Waals surface area contributed by atoms with Crippen LogP contribution in [0, 0.1) is 5.92 Å². The first-order valence-corrected chi connectivity index (χ1v) is 10.1. The van der Waals surface area contributed by atoms with Crippen LogP contribution >= 0.6 is 0 Å². The molecule has 3 heterocycles. The van der Waals surface area contributed by atoms with Gasteiger partial charge in [-0.05, 0) is 42.7 Å². The number of nitrogens with zero attached hydrogens (tertiary/aromatic N) is 5. The number of carbonyl (C=O) groups is 2. The second-order valence-corrected chi connectivity index (χ2v) is 7.54. The van der Waals surface area contributed by atoms with E-state index < -0.39 is 18.0 Å². The Bertz CT molecular complexity index is 1150. The van der Waals surface area contributed by atoms with E-state index in [0.29, 0.717) is 41.8 Å². The first kappa shape index (κ1) is 22.5. The van der Waals surface area contributed by atoms with Gasteiger partial charge in [0, 0.05) is 13.1 Å². The maximum atomic E-state index is 13.1. The van der Waals surface area contributed by atoms with Gasteiger partial charge in [-0.1, -0.05) is 12.1 Å². The lowest BCUT2D eigenvalue weighted by Gasteiger charge is -2.31. The van der Waals surface area contributed by atoms with Crippen molar-refractivity contribution in [3.63, 3.8) is 0 Å². The van der Waals surface area contributed by atoms with Crippen LogP contribution in [0.5, 0.6) is 0 Å². The molecule has 4 rings (SSSR count). The molecule has 1 saturated heterocycles. The lowest BCUT2D eigenvalue weighted by Crippen LogP contribution is -2.37. The highest BCUT2D eigenvalue weighted by Gasteiger charge is 2.38. The summed E-state index contributed by atoms with van der Waals surface area (Å²) in [5.74, 6) is -1.94. The number of aromatic nitrogens is 4. The molecule has 9 nitrogen and oxygen atoms in total. The molecule has 0 saturated carbocycles. The molecule has 0 radical (unpaired) electrons. The number of esters is 2. The van der Waals surface area contributed by atoms with Gasteiger partial charge in [0.15, 0.2) is 5.65 Å². The molecular formula is C21H20F3N5O4. The van der Waals surface area contributed by atoms with Crippen LogP contribution < -0.4 is 4.90 Å². The molecule has 1 aliphatic heterocycles. The zero-order valence-electron chi connectivity index (χ0n) is 17.6. The van der Waals surface area contributed by atoms with Crippen molar-refractivity contribution >= 4 is 23.4 Å². The van der Waals surface area contributed by atoms with Gasteiger partial charge in [-0.3, -0.25) is 4.79 Å². The number of halogens is 3. The number of methoxy groups -OCH3 is 1. The molecule has 12 heteroatoms. The van der Waals surface area contributed by atoms with E-state index in [1.165, 1.54) is 13.2 Å². The summed E-state index contributed by atoms with van der Waals surface area (Å²) in [6, 6.07) is 9.57. The number of hydrogen-bond acceptors (Lipinski definition) is 8. The quantitative estimate of drug-likeness (QED) is 0.533. The fourth-order valence-corrected chi connectivity index (χ4v) is 3.60. The number of alkyl halides is 3. The van der Waals surface area contributed by atoms with Crippen LogP contribution in [0.15, 0.2) is 36.4 Å². The van der Waals surface area contributed by atoms with Crippen LogP contribution in [0.1, 0.15) is 34.6 Å². The number of anilines is 1. The van der Waals surface area contributed by atoms with Crippen LogP contribution in [0.4, 0.5) is 19.0 Å². The van der Waals surface area contributed by atoms with Gasteiger partial charge in [0.2, 0.25) is 0 Å². The summed E-state index contributed by atoms with van der Waals surface area (Å²) in [7, 11) is 1.30. The number of hydrogen-bond donors (Lipinski definition) is 0. The van der Waals surface area contributed by atoms with Crippen LogP contribution in [-0.2, 0) is 27.1 Å². The Kier molecular flexibility index (Phi) is 6.16. The molecule has 0 N–H and O–H groups in total. The van der Waals surface area contributed by atoms with Gasteiger partial charge in [0.05, 0.1) is 18.6 Å². The zero-order valence-corrected chi connectivity index (χ0v) is 17.6. The summed E-state index contributed by atoms with van der Waals surface area (Å²) in [6.07, 6.45) is -3.70. The Hall–Kier alpha value is -3.70. The van der Waals surface area contributed by atoms with E-state index in [1.54, 1.807) is 30.3 Å². The molecular weight excluding hydrogens is 443 g/mol. The van der Waals surface area contributed by atoms with E-state index in [9.17, 15) is 22.8 Å². The van der Waals surface area contributed by atoms with Crippen molar-refractivity contribution in [2.24, 2.45) is 5.92 Å². The van der Waals surface area contributed by atoms with Gasteiger partial charge < -0.3 is 14.4 Å². The zero-order chi connectivity index (χ0) is 23.6. The van der Waals surface area contributed by atoms with Crippen molar-refractivity contribution in [2.75, 3.05) is 25.1 Å². The van der Waals surface area contributed by atoms with Crippen LogP contribution in [0.25, 0.3) is 5.65 Å². The van der Waals surface area contributed by atoms with Crippen LogP contribution in [0.3, 0.4) is 0 Å². The molecule has 0 unspecified atom stereocenters. The number of ether oxygens (including phenoxy) is 2. The van der Waals surface area contributed by atoms with Gasteiger partial charge in [-0.15, -0.1) is 15.3 Å². The maximum absolute atomic E-state index is 13.1. The standard InChI is InChI=1S/C21H20F3N5O4/c1-32-18(30)14-4-2-13(3-5-14)12-33-19(31)15-8-10-28(11-9-15)17-7-6-16-25-26-20(21(22,23)24)29(16)27-17/h2-7,15H,8-12H2,1H3. The highest BCUT2D eigenvalue weighted by molar-refractivity contribution is 5.89. The van der Waals surface area contributed by atoms with Crippen molar-refractivity contribution in [1.29, 1.82) is 0 Å². The maximum Gasteiger partial charge on any atom is 0.453 e. The predicted octanol–water partition coefficient (Wildman–Crippen LogP) is 2.89. The highest BCUT2D eigenvalue weighted by Crippen LogP contribution is 2.29. The minimum atomic E-state index is -4.67. The minimum Gasteiger partial charge on any atom is -0.465 e. The number of piperidine rings is 1. The summed E-state index contributed by atoms with van der Waals surface area (Å²) < 4.78 is 50.0. The Morgan fingerprint density at radius 1 is 1.06 bits per heavy atom. The molecule has 0 spiro atoms. The molecule has 0 bridgehead atoms. The normalized spacial score (nSPS) is 15.0. The van der Waals surface area contributed by atoms with E-state index in [4.69, 9.17) is 4.74 Å². The molecule has 0 amide bonds. The predicted molar refractivity (Wildman–Crippen MR) is 108 cm³/mol. The second-order valence-electron chi connectivity index (χ2n) is 7.54. The average molecular weight is 463 g/mol. The van der Waals surface area contributed by atoms with Crippen molar-refractivity contribution in [3.8, 4) is 0 Å². The number of fused-ring (bicyclic) bond motifs is 1. The SMILES string of the molecule is COC(=O)c1ccc(COC(=O)C2CCN(c3ccc4nnc(C(F)(F)F)n4n3)CC2)cc1. The highest BCUT2D eigenvalue weighted by atomic mass is 19.4. The third-order valence-corrected chi connectivity index (χ3v) is 5.41. The van der Waals surface area contributed by atoms with Crippen LogP contribution in [0.2, 0.25) is 0 Å². The fourth-order valence-electron chi connectivity index (χ4n) is 3.60. The topological polar surface area (TPSA) is 98.9 Å². The fraction of sp³-hybridized carbons (Fsp3) is 0.381. The van der Waals surface area contributed by atoms with E-state index >= 15 is 0 Å². The average Bonchev–Trinajstić information content (AvgIpc) is 3.26. The number of rotatable bonds is 5. The van der Waals surface area contributed by atoms with Gasteiger partial charge in [-0.25, -0.2) is 4.79 Å². The van der Waals surface area contributed by atoms with E-state index in [1.807, 2.05) is 4.90 Å². The van der Waals surface area contributed by atoms with Gasteiger partial charge in [0.1, 0.15) is 12.4 Å². The molecule has 1 aromatic carbocycles. The Labute approximate surface area is 186 Å². The van der Waals surface area contributed by atoms with E-state index in [0.717, 1.165) is 5.56 Å². The smallest absolute Gasteiger partial charge is 0.453 e. The third-order valence-electron chi connectivity index (χ3n) is 5.41. The molecule has 3 aromatic rings.